The number of aliphatic hydroxyl groups excluding tert-OH is 1. The average Bonchev–Trinajstić information content (AvgIpc) is 0.945. The number of rotatable bonds is 36. The fourth-order valence-corrected chi connectivity index (χ4v) is 18.4. The lowest BCUT2D eigenvalue weighted by Crippen LogP contribution is -2.67. The number of hydrogen-bond acceptors (Lipinski definition) is 17. The van der Waals surface area contributed by atoms with E-state index in [9.17, 15) is 24.3 Å². The quantitative estimate of drug-likeness (QED) is 0.0168. The summed E-state index contributed by atoms with van der Waals surface area (Å²) in [6.07, 6.45) is -0.775. The van der Waals surface area contributed by atoms with Gasteiger partial charge in [-0.3, -0.25) is 9.59 Å². The molecule has 4 fully saturated rings. The number of carbonyl (C=O) groups is 4. The molecule has 10 unspecified atom stereocenters. The number of methoxy groups -OCH3 is 3. The first-order valence-corrected chi connectivity index (χ1v) is 42.8. The molecule has 4 aliphatic heterocycles. The van der Waals surface area contributed by atoms with E-state index in [4.69, 9.17) is 55.9 Å². The van der Waals surface area contributed by atoms with Gasteiger partial charge >= 0.3 is 11.9 Å². The molecule has 0 saturated carbocycles. The smallest absolute Gasteiger partial charge is 0.338 e. The van der Waals surface area contributed by atoms with Gasteiger partial charge in [0.15, 0.2) is 37.0 Å². The topological polar surface area (TPSA) is 199 Å². The normalized spacial score (nSPS) is 26.4. The van der Waals surface area contributed by atoms with Gasteiger partial charge in [-0.15, -0.1) is 5.73 Å². The number of allylic oxidation sites excluding steroid dienone is 1. The van der Waals surface area contributed by atoms with Crippen molar-refractivity contribution in [3.8, 4) is 0 Å². The molecule has 15 atom stereocenters. The standard InChI is InChI=1S/C74H116O17Si3/c1-20-49(5)42-57(89-94(21-2,22-3)23-4)38-40-60-50(6)43-55(84-60)36-34-53(75)35-39-62(90-92(16,17)73(7,8)9)69-70(91-93(18,19)74(10,11)12)66(77)68-61(88-69)41-37-56(85-68)44-54(76)45-59-63(47-65(80-13)81-14)87-64(67(59)82-15)46-58(86-72(79)52-32-28-25-29-33-52)48-83-71(78)51-30-26-24-27-31-51/h24-33,35,39,55-70,77H,1,6,21-23,34,36-38,40-48H2,2-5,7-19H3/b39-35+/t55?,56-,57?,58?,59+,60?,61+,62?,63?,64-,66+,67?,68?,69?,70?/m1/s1. The van der Waals surface area contributed by atoms with Crippen molar-refractivity contribution >= 4 is 48.5 Å². The molecule has 526 valence electrons. The third kappa shape index (κ3) is 21.7. The van der Waals surface area contributed by atoms with Crippen molar-refractivity contribution in [3.05, 3.63) is 114 Å². The van der Waals surface area contributed by atoms with Crippen LogP contribution in [0.15, 0.2) is 103 Å². The van der Waals surface area contributed by atoms with E-state index in [1.54, 1.807) is 73.8 Å². The summed E-state index contributed by atoms with van der Waals surface area (Å²) >= 11 is 0. The number of esters is 2. The molecule has 1 N–H and O–H groups in total. The molecule has 0 aliphatic carbocycles. The first kappa shape index (κ1) is 78.9. The molecule has 2 aromatic rings. The SMILES string of the molecule is C=C=C(C)CC(CCC1OC(CCC(=O)/C=C/C(O[Si](C)(C)C(C)(C)C)C2O[C@H]3CC[C@H](CC(=O)C[C@H]4C(CC(OC)OC)O[C@H](CC(COC(=O)c5ccccc5)OC(=O)c5ccccc5)C4OC)OC3[C@H](O)C2O[Si](C)(C)C(C)(C)C)CC1=C)O[Si](CC)(CC)CC. The largest absolute Gasteiger partial charge is 0.458 e. The van der Waals surface area contributed by atoms with Crippen molar-refractivity contribution in [2.24, 2.45) is 5.92 Å². The fourth-order valence-electron chi connectivity index (χ4n) is 12.9. The van der Waals surface area contributed by atoms with Gasteiger partial charge in [0.25, 0.3) is 0 Å². The van der Waals surface area contributed by atoms with Crippen molar-refractivity contribution < 1.29 is 80.2 Å². The number of hydrogen-bond donors (Lipinski definition) is 1. The lowest BCUT2D eigenvalue weighted by Gasteiger charge is -2.53. The fraction of sp³-hybridized carbons (Fsp3) is 0.689. The minimum Gasteiger partial charge on any atom is -0.458 e. The predicted molar refractivity (Wildman–Crippen MR) is 373 cm³/mol. The molecular formula is C74H116O17Si3. The molecule has 17 nitrogen and oxygen atoms in total. The second kappa shape index (κ2) is 35.6. The third-order valence-electron chi connectivity index (χ3n) is 21.0. The molecule has 4 aliphatic rings. The Morgan fingerprint density at radius 1 is 0.734 bits per heavy atom. The van der Waals surface area contributed by atoms with Crippen molar-refractivity contribution in [3.63, 3.8) is 0 Å². The summed E-state index contributed by atoms with van der Waals surface area (Å²) in [6.45, 7) is 38.5. The van der Waals surface area contributed by atoms with E-state index in [0.29, 0.717) is 36.8 Å². The molecule has 0 spiro atoms. The maximum atomic E-state index is 14.7. The average molecular weight is 1360 g/mol. The number of ether oxygens (including phenoxy) is 9. The Hall–Kier alpha value is -4.07. The molecule has 0 amide bonds. The van der Waals surface area contributed by atoms with E-state index in [1.165, 1.54) is 14.2 Å². The first-order valence-electron chi connectivity index (χ1n) is 34.5. The molecular weight excluding hydrogens is 1250 g/mol. The molecule has 0 aromatic heterocycles. The van der Waals surface area contributed by atoms with Crippen LogP contribution in [0.3, 0.4) is 0 Å². The Bertz CT molecular complexity index is 2810. The lowest BCUT2D eigenvalue weighted by atomic mass is 9.84. The van der Waals surface area contributed by atoms with E-state index in [1.807, 2.05) is 6.08 Å². The molecule has 6 rings (SSSR count). The zero-order valence-corrected chi connectivity index (χ0v) is 62.9. The molecule has 0 bridgehead atoms. The van der Waals surface area contributed by atoms with Crippen LogP contribution in [0.25, 0.3) is 0 Å². The van der Waals surface area contributed by atoms with Gasteiger partial charge in [0.1, 0.15) is 42.9 Å². The molecule has 20 heteroatoms. The van der Waals surface area contributed by atoms with E-state index in [0.717, 1.165) is 48.5 Å². The Labute approximate surface area is 566 Å². The van der Waals surface area contributed by atoms with Gasteiger partial charge in [-0.05, 0) is 141 Å². The van der Waals surface area contributed by atoms with Crippen LogP contribution in [0.2, 0.25) is 54.4 Å². The molecule has 4 saturated heterocycles. The van der Waals surface area contributed by atoms with Crippen LogP contribution in [0.1, 0.15) is 167 Å². The Balaban J connectivity index is 1.18. The maximum Gasteiger partial charge on any atom is 0.338 e. The summed E-state index contributed by atoms with van der Waals surface area (Å²) < 4.78 is 78.2. The van der Waals surface area contributed by atoms with Crippen LogP contribution in [-0.2, 0) is 65.5 Å². The molecule has 4 heterocycles. The van der Waals surface area contributed by atoms with Gasteiger partial charge in [-0.25, -0.2) is 9.59 Å². The molecule has 94 heavy (non-hydrogen) atoms. The van der Waals surface area contributed by atoms with Crippen molar-refractivity contribution in [2.75, 3.05) is 27.9 Å². The van der Waals surface area contributed by atoms with Crippen molar-refractivity contribution in [1.82, 2.24) is 0 Å². The van der Waals surface area contributed by atoms with E-state index >= 15 is 0 Å². The third-order valence-corrected chi connectivity index (χ3v) is 34.6. The number of Topliss-reactive ketones (excluding diaryl/α,β-unsaturated/α-hetero) is 1. The van der Waals surface area contributed by atoms with E-state index < -0.39 is 116 Å². The highest BCUT2D eigenvalue weighted by Gasteiger charge is 2.56. The minimum absolute atomic E-state index is 0.0346. The molecule has 0 radical (unpaired) electrons. The number of ketones is 2. The lowest BCUT2D eigenvalue weighted by molar-refractivity contribution is -0.269. The minimum atomic E-state index is -2.66. The van der Waals surface area contributed by atoms with Crippen LogP contribution >= 0.6 is 0 Å². The van der Waals surface area contributed by atoms with Crippen LogP contribution in [-0.4, -0.2) is 173 Å². The van der Waals surface area contributed by atoms with Gasteiger partial charge in [-0.1, -0.05) is 118 Å². The first-order chi connectivity index (χ1) is 44.3. The van der Waals surface area contributed by atoms with Crippen molar-refractivity contribution in [1.29, 1.82) is 0 Å². The second-order valence-electron chi connectivity index (χ2n) is 29.6. The molecule has 2 aromatic carbocycles. The summed E-state index contributed by atoms with van der Waals surface area (Å²) in [4.78, 5) is 55.6. The summed E-state index contributed by atoms with van der Waals surface area (Å²) in [5.41, 5.74) is 5.89. The highest BCUT2D eigenvalue weighted by Crippen LogP contribution is 2.45. The van der Waals surface area contributed by atoms with Crippen molar-refractivity contribution in [2.45, 2.75) is 292 Å². The van der Waals surface area contributed by atoms with Gasteiger partial charge < -0.3 is 61.0 Å². The van der Waals surface area contributed by atoms with E-state index in [2.05, 4.69) is 114 Å². The van der Waals surface area contributed by atoms with Crippen LogP contribution in [0.5, 0.6) is 0 Å². The monoisotopic (exact) mass is 1360 g/mol. The number of carbonyl (C=O) groups excluding carboxylic acids is 4. The zero-order chi connectivity index (χ0) is 69.3. The number of benzene rings is 2. The Morgan fingerprint density at radius 3 is 1.93 bits per heavy atom. The highest BCUT2D eigenvalue weighted by molar-refractivity contribution is 6.74. The summed E-state index contributed by atoms with van der Waals surface area (Å²) in [7, 11) is -2.50. The van der Waals surface area contributed by atoms with Gasteiger partial charge in [0.05, 0.1) is 60.0 Å². The predicted octanol–water partition coefficient (Wildman–Crippen LogP) is 14.6. The van der Waals surface area contributed by atoms with Crippen LogP contribution < -0.4 is 0 Å². The van der Waals surface area contributed by atoms with Crippen LogP contribution in [0.4, 0.5) is 0 Å². The summed E-state index contributed by atoms with van der Waals surface area (Å²) in [6, 6.07) is 20.3. The summed E-state index contributed by atoms with van der Waals surface area (Å²) in [5, 5.41) is 12.4. The van der Waals surface area contributed by atoms with Gasteiger partial charge in [0, 0.05) is 71.9 Å². The van der Waals surface area contributed by atoms with Crippen LogP contribution in [0, 0.1) is 5.92 Å². The highest BCUT2D eigenvalue weighted by atomic mass is 28.4. The summed E-state index contributed by atoms with van der Waals surface area (Å²) in [5.74, 6) is -1.86. The Morgan fingerprint density at radius 2 is 1.35 bits per heavy atom. The van der Waals surface area contributed by atoms with Gasteiger partial charge in [0.2, 0.25) is 0 Å². The number of aliphatic hydroxyl groups is 1. The zero-order valence-electron chi connectivity index (χ0n) is 59.9. The Kier molecular flexibility index (Phi) is 29.9. The van der Waals surface area contributed by atoms with E-state index in [-0.39, 0.29) is 78.7 Å². The number of fused-ring (bicyclic) bond motifs is 1. The van der Waals surface area contributed by atoms with Gasteiger partial charge in [-0.2, -0.15) is 0 Å². The maximum absolute atomic E-state index is 14.7. The second-order valence-corrected chi connectivity index (χ2v) is 43.8.